The van der Waals surface area contributed by atoms with E-state index >= 15 is 0 Å². The van der Waals surface area contributed by atoms with E-state index in [0.717, 1.165) is 16.2 Å². The van der Waals surface area contributed by atoms with Crippen molar-refractivity contribution in [1.29, 1.82) is 5.26 Å². The molecular formula is C27H23ClN4O2. The molecule has 1 aliphatic heterocycles. The first-order chi connectivity index (χ1) is 16.3. The number of carbonyl (C=O) groups is 2. The summed E-state index contributed by atoms with van der Waals surface area (Å²) < 4.78 is 1.74. The topological polar surface area (TPSA) is 79.0 Å². The Morgan fingerprint density at radius 3 is 2.35 bits per heavy atom. The molecule has 7 heteroatoms. The first kappa shape index (κ1) is 23.2. The van der Waals surface area contributed by atoms with E-state index in [2.05, 4.69) is 0 Å². The maximum Gasteiger partial charge on any atom is 0.271 e. The molecule has 0 bridgehead atoms. The summed E-state index contributed by atoms with van der Waals surface area (Å²) in [6.07, 6.45) is 3.55. The van der Waals surface area contributed by atoms with E-state index in [1.54, 1.807) is 29.8 Å². The van der Waals surface area contributed by atoms with Crippen molar-refractivity contribution in [1.82, 2.24) is 14.7 Å². The molecule has 2 aromatic carbocycles. The number of para-hydroxylation sites is 1. The number of amides is 2. The summed E-state index contributed by atoms with van der Waals surface area (Å²) in [5, 5.41) is 15.0. The van der Waals surface area contributed by atoms with Gasteiger partial charge in [-0.2, -0.15) is 10.4 Å². The first-order valence-electron chi connectivity index (χ1n) is 10.9. The lowest BCUT2D eigenvalue weighted by atomic mass is 9.92. The number of rotatable bonds is 5. The van der Waals surface area contributed by atoms with Gasteiger partial charge in [-0.15, -0.1) is 0 Å². The molecule has 4 rings (SSSR count). The molecule has 0 fully saturated rings. The van der Waals surface area contributed by atoms with Crippen LogP contribution in [-0.4, -0.2) is 33.0 Å². The third-order valence-electron chi connectivity index (χ3n) is 5.55. The van der Waals surface area contributed by atoms with Crippen LogP contribution in [0, 0.1) is 17.2 Å². The minimum atomic E-state index is -0.547. The standard InChI is InChI=1S/C27H23ClN4O2/c1-17(2)15-31-26(33)23(18(3)24(14-29)27(31)34)13-20-16-32(22-7-5-4-6-8-22)30-25(20)19-9-11-21(28)12-10-19/h4-13,16-17H,15H2,1-3H3/b23-13+. The maximum atomic E-state index is 13.4. The van der Waals surface area contributed by atoms with Gasteiger partial charge in [-0.05, 0) is 48.8 Å². The second-order valence-corrected chi connectivity index (χ2v) is 8.94. The molecule has 0 saturated carbocycles. The van der Waals surface area contributed by atoms with E-state index in [1.165, 1.54) is 0 Å². The molecule has 0 saturated heterocycles. The summed E-state index contributed by atoms with van der Waals surface area (Å²) >= 11 is 6.08. The van der Waals surface area contributed by atoms with Gasteiger partial charge in [0.2, 0.25) is 0 Å². The van der Waals surface area contributed by atoms with Crippen molar-refractivity contribution < 1.29 is 9.59 Å². The number of imide groups is 1. The molecule has 0 spiro atoms. The minimum absolute atomic E-state index is 0.0185. The minimum Gasteiger partial charge on any atom is -0.273 e. The lowest BCUT2D eigenvalue weighted by Crippen LogP contribution is -2.44. The quantitative estimate of drug-likeness (QED) is 0.367. The lowest BCUT2D eigenvalue weighted by molar-refractivity contribution is -0.141. The Morgan fingerprint density at radius 2 is 1.74 bits per heavy atom. The van der Waals surface area contributed by atoms with Gasteiger partial charge in [0.1, 0.15) is 11.6 Å². The second-order valence-electron chi connectivity index (χ2n) is 8.50. The summed E-state index contributed by atoms with van der Waals surface area (Å²) in [6, 6.07) is 18.9. The van der Waals surface area contributed by atoms with E-state index < -0.39 is 11.8 Å². The van der Waals surface area contributed by atoms with Crippen LogP contribution < -0.4 is 0 Å². The van der Waals surface area contributed by atoms with Crippen molar-refractivity contribution >= 4 is 29.5 Å². The Labute approximate surface area is 203 Å². The van der Waals surface area contributed by atoms with Crippen molar-refractivity contribution in [2.75, 3.05) is 6.54 Å². The molecule has 0 aliphatic carbocycles. The van der Waals surface area contributed by atoms with Crippen molar-refractivity contribution in [3.63, 3.8) is 0 Å². The Morgan fingerprint density at radius 1 is 1.06 bits per heavy atom. The molecular weight excluding hydrogens is 448 g/mol. The van der Waals surface area contributed by atoms with Crippen LogP contribution in [0.4, 0.5) is 0 Å². The Kier molecular flexibility index (Phi) is 6.49. The molecule has 0 radical (unpaired) electrons. The zero-order chi connectivity index (χ0) is 24.4. The Hall–Kier alpha value is -3.95. The number of nitriles is 1. The zero-order valence-corrected chi connectivity index (χ0v) is 19.9. The molecule has 6 nitrogen and oxygen atoms in total. The van der Waals surface area contributed by atoms with Gasteiger partial charge < -0.3 is 0 Å². The molecule has 1 aromatic heterocycles. The second kappa shape index (κ2) is 9.50. The highest BCUT2D eigenvalue weighted by Gasteiger charge is 2.35. The summed E-state index contributed by atoms with van der Waals surface area (Å²) in [4.78, 5) is 27.3. The van der Waals surface area contributed by atoms with Crippen molar-refractivity contribution in [3.8, 4) is 23.0 Å². The molecule has 34 heavy (non-hydrogen) atoms. The summed E-state index contributed by atoms with van der Waals surface area (Å²) in [5.41, 5.74) is 3.68. The number of hydrogen-bond donors (Lipinski definition) is 0. The van der Waals surface area contributed by atoms with Crippen LogP contribution in [-0.2, 0) is 9.59 Å². The van der Waals surface area contributed by atoms with Gasteiger partial charge in [0.15, 0.2) is 0 Å². The SMILES string of the molecule is CC1=C(C#N)C(=O)N(CC(C)C)C(=O)/C1=C/c1cn(-c2ccccc2)nc1-c1ccc(Cl)cc1. The predicted molar refractivity (Wildman–Crippen MR) is 132 cm³/mol. The number of halogens is 1. The summed E-state index contributed by atoms with van der Waals surface area (Å²) in [5.74, 6) is -0.892. The highest BCUT2D eigenvalue weighted by atomic mass is 35.5. The van der Waals surface area contributed by atoms with E-state index in [9.17, 15) is 14.9 Å². The Bertz CT molecular complexity index is 1360. The highest BCUT2D eigenvalue weighted by Crippen LogP contribution is 2.31. The molecule has 0 unspecified atom stereocenters. The monoisotopic (exact) mass is 470 g/mol. The van der Waals surface area contributed by atoms with E-state index in [0.29, 0.717) is 27.4 Å². The van der Waals surface area contributed by atoms with Gasteiger partial charge in [-0.25, -0.2) is 4.68 Å². The smallest absolute Gasteiger partial charge is 0.271 e. The largest absolute Gasteiger partial charge is 0.273 e. The fourth-order valence-corrected chi connectivity index (χ4v) is 3.98. The summed E-state index contributed by atoms with van der Waals surface area (Å²) in [7, 11) is 0. The molecule has 1 aliphatic rings. The van der Waals surface area contributed by atoms with Crippen LogP contribution in [0.5, 0.6) is 0 Å². The van der Waals surface area contributed by atoms with E-state index in [4.69, 9.17) is 16.7 Å². The van der Waals surface area contributed by atoms with Gasteiger partial charge in [0.05, 0.1) is 11.4 Å². The average molecular weight is 471 g/mol. The fraction of sp³-hybridized carbons (Fsp3) is 0.185. The summed E-state index contributed by atoms with van der Waals surface area (Å²) in [6.45, 7) is 5.71. The van der Waals surface area contributed by atoms with Crippen molar-refractivity contribution in [3.05, 3.63) is 88.1 Å². The van der Waals surface area contributed by atoms with E-state index in [-0.39, 0.29) is 18.0 Å². The molecule has 3 aromatic rings. The zero-order valence-electron chi connectivity index (χ0n) is 19.1. The highest BCUT2D eigenvalue weighted by molar-refractivity contribution is 6.30. The lowest BCUT2D eigenvalue weighted by Gasteiger charge is -2.28. The fourth-order valence-electron chi connectivity index (χ4n) is 3.85. The molecule has 0 atom stereocenters. The number of carbonyl (C=O) groups excluding carboxylic acids is 2. The molecule has 2 heterocycles. The average Bonchev–Trinajstić information content (AvgIpc) is 3.25. The first-order valence-corrected chi connectivity index (χ1v) is 11.3. The molecule has 170 valence electrons. The van der Waals surface area contributed by atoms with Gasteiger partial charge >= 0.3 is 0 Å². The van der Waals surface area contributed by atoms with Crippen molar-refractivity contribution in [2.24, 2.45) is 5.92 Å². The van der Waals surface area contributed by atoms with E-state index in [1.807, 2.05) is 68.6 Å². The number of nitrogens with zero attached hydrogens (tertiary/aromatic N) is 4. The normalized spacial score (nSPS) is 15.4. The number of benzene rings is 2. The maximum absolute atomic E-state index is 13.4. The van der Waals surface area contributed by atoms with Gasteiger partial charge in [0.25, 0.3) is 11.8 Å². The number of aromatic nitrogens is 2. The molecule has 2 amide bonds. The third kappa shape index (κ3) is 4.43. The predicted octanol–water partition coefficient (Wildman–Crippen LogP) is 5.44. The van der Waals surface area contributed by atoms with Crippen LogP contribution in [0.1, 0.15) is 26.3 Å². The van der Waals surface area contributed by atoms with Crippen LogP contribution in [0.15, 0.2) is 77.5 Å². The van der Waals surface area contributed by atoms with Crippen LogP contribution in [0.25, 0.3) is 23.0 Å². The number of hydrogen-bond acceptors (Lipinski definition) is 4. The van der Waals surface area contributed by atoms with Crippen LogP contribution in [0.3, 0.4) is 0 Å². The molecule has 0 N–H and O–H groups in total. The van der Waals surface area contributed by atoms with Gasteiger partial charge in [-0.3, -0.25) is 14.5 Å². The Balaban J connectivity index is 1.91. The van der Waals surface area contributed by atoms with Gasteiger partial charge in [-0.1, -0.05) is 55.8 Å². The van der Waals surface area contributed by atoms with Crippen molar-refractivity contribution in [2.45, 2.75) is 20.8 Å². The van der Waals surface area contributed by atoms with Gasteiger partial charge in [0, 0.05) is 34.5 Å². The van der Waals surface area contributed by atoms with Crippen LogP contribution in [0.2, 0.25) is 5.02 Å². The van der Waals surface area contributed by atoms with Crippen LogP contribution >= 0.6 is 11.6 Å². The third-order valence-corrected chi connectivity index (χ3v) is 5.81.